The number of carbonyl (C=O) groups excluding carboxylic acids is 1. The average Bonchev–Trinajstić information content (AvgIpc) is 3.64. The Morgan fingerprint density at radius 1 is 1.26 bits per heavy atom. The number of hydrogen-bond acceptors (Lipinski definition) is 5. The Balaban J connectivity index is 1.38. The van der Waals surface area contributed by atoms with Crippen LogP contribution >= 0.6 is 0 Å². The second-order valence-corrected chi connectivity index (χ2v) is 10.3. The maximum Gasteiger partial charge on any atom is 0.322 e. The fourth-order valence-electron chi connectivity index (χ4n) is 5.70. The van der Waals surface area contributed by atoms with Crippen LogP contribution in [0.15, 0.2) is 30.5 Å². The summed E-state index contributed by atoms with van der Waals surface area (Å²) in [5.41, 5.74) is 1.37. The standard InChI is InChI=1S/C26H34FN5O2/c1-3-25(19-5-4-6-20(27)15-19)9-11-26(12-10-25)17-32(24(34)30-26)21-16-28-22(18-7-8-18)29-23(21)31(2)13-14-33/h4-6,15-16,18,33H,3,7-14,17H2,1-2H3,(H,30,34)/t25-,26-. The molecule has 0 unspecified atom stereocenters. The predicted molar refractivity (Wildman–Crippen MR) is 130 cm³/mol. The lowest BCUT2D eigenvalue weighted by Gasteiger charge is -2.44. The minimum absolute atomic E-state index is 0.00796. The van der Waals surface area contributed by atoms with E-state index in [1.54, 1.807) is 23.2 Å². The third-order valence-corrected chi connectivity index (χ3v) is 8.15. The van der Waals surface area contributed by atoms with Gasteiger partial charge in [-0.05, 0) is 68.1 Å². The van der Waals surface area contributed by atoms with Crippen molar-refractivity contribution in [3.8, 4) is 0 Å². The van der Waals surface area contributed by atoms with Gasteiger partial charge in [-0.3, -0.25) is 4.90 Å². The zero-order valence-corrected chi connectivity index (χ0v) is 20.1. The van der Waals surface area contributed by atoms with Gasteiger partial charge in [-0.15, -0.1) is 0 Å². The number of aliphatic hydroxyl groups is 1. The first-order valence-corrected chi connectivity index (χ1v) is 12.4. The third kappa shape index (κ3) is 4.13. The topological polar surface area (TPSA) is 81.6 Å². The zero-order chi connectivity index (χ0) is 23.9. The minimum Gasteiger partial charge on any atom is -0.395 e. The van der Waals surface area contributed by atoms with E-state index in [1.165, 1.54) is 6.07 Å². The van der Waals surface area contributed by atoms with Crippen LogP contribution in [0, 0.1) is 5.82 Å². The summed E-state index contributed by atoms with van der Waals surface area (Å²) in [5, 5.41) is 12.8. The van der Waals surface area contributed by atoms with Crippen molar-refractivity contribution in [3.05, 3.63) is 47.7 Å². The first kappa shape index (κ1) is 23.0. The van der Waals surface area contributed by atoms with E-state index >= 15 is 0 Å². The predicted octanol–water partition coefficient (Wildman–Crippen LogP) is 4.11. The van der Waals surface area contributed by atoms with Crippen molar-refractivity contribution in [3.63, 3.8) is 0 Å². The van der Waals surface area contributed by atoms with Crippen LogP contribution in [-0.2, 0) is 5.41 Å². The van der Waals surface area contributed by atoms with E-state index in [9.17, 15) is 14.3 Å². The molecule has 3 fully saturated rings. The maximum absolute atomic E-state index is 14.0. The monoisotopic (exact) mass is 467 g/mol. The van der Waals surface area contributed by atoms with Gasteiger partial charge in [0.05, 0.1) is 24.9 Å². The molecule has 3 aliphatic rings. The minimum atomic E-state index is -0.314. The molecule has 8 heteroatoms. The number of amides is 2. The van der Waals surface area contributed by atoms with Crippen molar-refractivity contribution in [2.24, 2.45) is 0 Å². The molecule has 1 aromatic carbocycles. The highest BCUT2D eigenvalue weighted by Crippen LogP contribution is 2.48. The number of likely N-dealkylation sites (N-methyl/N-ethyl adjacent to an activating group) is 1. The Labute approximate surface area is 200 Å². The highest BCUT2D eigenvalue weighted by atomic mass is 19.1. The molecule has 2 aliphatic carbocycles. The molecule has 1 aromatic heterocycles. The Morgan fingerprint density at radius 2 is 2.03 bits per heavy atom. The van der Waals surface area contributed by atoms with Crippen molar-refractivity contribution >= 4 is 17.5 Å². The lowest BCUT2D eigenvalue weighted by Crippen LogP contribution is -2.49. The highest BCUT2D eigenvalue weighted by Gasteiger charge is 2.49. The molecule has 2 aromatic rings. The van der Waals surface area contributed by atoms with Gasteiger partial charge in [0.2, 0.25) is 0 Å². The summed E-state index contributed by atoms with van der Waals surface area (Å²) in [7, 11) is 1.89. The van der Waals surface area contributed by atoms with E-state index < -0.39 is 0 Å². The lowest BCUT2D eigenvalue weighted by atomic mass is 9.63. The molecule has 2 heterocycles. The summed E-state index contributed by atoms with van der Waals surface area (Å²) in [6.07, 6.45) is 8.38. The van der Waals surface area contributed by atoms with Gasteiger partial charge in [-0.25, -0.2) is 19.2 Å². The quantitative estimate of drug-likeness (QED) is 0.641. The molecule has 182 valence electrons. The molecule has 1 spiro atoms. The molecule has 7 nitrogen and oxygen atoms in total. The van der Waals surface area contributed by atoms with Crippen LogP contribution in [0.2, 0.25) is 0 Å². The summed E-state index contributed by atoms with van der Waals surface area (Å²) in [5.74, 6) is 1.72. The maximum atomic E-state index is 14.0. The Morgan fingerprint density at radius 3 is 2.68 bits per heavy atom. The van der Waals surface area contributed by atoms with E-state index in [2.05, 4.69) is 17.2 Å². The van der Waals surface area contributed by atoms with Gasteiger partial charge in [0.15, 0.2) is 5.82 Å². The molecule has 0 radical (unpaired) electrons. The Bertz CT molecular complexity index is 1060. The molecule has 2 saturated carbocycles. The molecule has 1 aliphatic heterocycles. The fourth-order valence-corrected chi connectivity index (χ4v) is 5.70. The molecule has 0 bridgehead atoms. The van der Waals surface area contributed by atoms with E-state index in [4.69, 9.17) is 4.98 Å². The molecule has 5 rings (SSSR count). The molecule has 2 amide bonds. The first-order chi connectivity index (χ1) is 16.4. The van der Waals surface area contributed by atoms with Gasteiger partial charge in [0, 0.05) is 19.5 Å². The van der Waals surface area contributed by atoms with Crippen molar-refractivity contribution in [1.82, 2.24) is 15.3 Å². The molecular weight excluding hydrogens is 433 g/mol. The van der Waals surface area contributed by atoms with E-state index in [0.29, 0.717) is 30.5 Å². The normalized spacial score (nSPS) is 26.7. The molecule has 1 saturated heterocycles. The number of aliphatic hydroxyl groups excluding tert-OH is 1. The third-order valence-electron chi connectivity index (χ3n) is 8.15. The first-order valence-electron chi connectivity index (χ1n) is 12.4. The number of carbonyl (C=O) groups is 1. The number of hydrogen-bond donors (Lipinski definition) is 2. The van der Waals surface area contributed by atoms with Gasteiger partial charge < -0.3 is 15.3 Å². The SMILES string of the molecule is CC[C@]1(c2cccc(F)c2)CC[C@]2(CC1)CN(c1cnc(C3CC3)nc1N(C)CCO)C(=O)N2. The van der Waals surface area contributed by atoms with Crippen LogP contribution in [-0.4, -0.2) is 53.4 Å². The van der Waals surface area contributed by atoms with E-state index in [0.717, 1.165) is 56.3 Å². The van der Waals surface area contributed by atoms with Gasteiger partial charge in [0.25, 0.3) is 0 Å². The largest absolute Gasteiger partial charge is 0.395 e. The van der Waals surface area contributed by atoms with Gasteiger partial charge in [-0.1, -0.05) is 19.1 Å². The summed E-state index contributed by atoms with van der Waals surface area (Å²) in [4.78, 5) is 26.2. The highest BCUT2D eigenvalue weighted by molar-refractivity contribution is 5.97. The van der Waals surface area contributed by atoms with Crippen LogP contribution in [0.1, 0.15) is 69.2 Å². The van der Waals surface area contributed by atoms with E-state index in [-0.39, 0.29) is 29.4 Å². The summed E-state index contributed by atoms with van der Waals surface area (Å²) in [6.45, 7) is 3.17. The average molecular weight is 468 g/mol. The second kappa shape index (κ2) is 8.80. The summed E-state index contributed by atoms with van der Waals surface area (Å²) < 4.78 is 14.0. The van der Waals surface area contributed by atoms with Crippen molar-refractivity contribution in [2.75, 3.05) is 36.5 Å². The number of nitrogens with zero attached hydrogens (tertiary/aromatic N) is 4. The number of anilines is 2. The van der Waals surface area contributed by atoms with Crippen LogP contribution in [0.3, 0.4) is 0 Å². The van der Waals surface area contributed by atoms with E-state index in [1.807, 2.05) is 18.0 Å². The number of aromatic nitrogens is 2. The van der Waals surface area contributed by atoms with Crippen molar-refractivity contribution in [2.45, 2.75) is 68.7 Å². The van der Waals surface area contributed by atoms with Crippen LogP contribution < -0.4 is 15.1 Å². The van der Waals surface area contributed by atoms with Crippen molar-refractivity contribution in [1.29, 1.82) is 0 Å². The Kier molecular flexibility index (Phi) is 5.96. The molecule has 0 atom stereocenters. The number of nitrogens with one attached hydrogen (secondary N) is 1. The van der Waals surface area contributed by atoms with Crippen molar-refractivity contribution < 1.29 is 14.3 Å². The Hall–Kier alpha value is -2.74. The number of rotatable bonds is 7. The fraction of sp³-hybridized carbons (Fsp3) is 0.577. The smallest absolute Gasteiger partial charge is 0.322 e. The number of benzene rings is 1. The van der Waals surface area contributed by atoms with Crippen LogP contribution in [0.5, 0.6) is 0 Å². The number of urea groups is 1. The van der Waals surface area contributed by atoms with Crippen LogP contribution in [0.25, 0.3) is 0 Å². The summed E-state index contributed by atoms with van der Waals surface area (Å²) >= 11 is 0. The summed E-state index contributed by atoms with van der Waals surface area (Å²) in [6, 6.07) is 6.86. The molecular formula is C26H34FN5O2. The molecule has 34 heavy (non-hydrogen) atoms. The second-order valence-electron chi connectivity index (χ2n) is 10.3. The van der Waals surface area contributed by atoms with Gasteiger partial charge in [0.1, 0.15) is 17.3 Å². The number of halogens is 1. The lowest BCUT2D eigenvalue weighted by molar-refractivity contribution is 0.184. The van der Waals surface area contributed by atoms with Gasteiger partial charge >= 0.3 is 6.03 Å². The van der Waals surface area contributed by atoms with Gasteiger partial charge in [-0.2, -0.15) is 0 Å². The zero-order valence-electron chi connectivity index (χ0n) is 20.1. The van der Waals surface area contributed by atoms with Crippen LogP contribution in [0.4, 0.5) is 20.7 Å². The molecule has 2 N–H and O–H groups in total.